The Morgan fingerprint density at radius 2 is 0.839 bits per heavy atom. The van der Waals surface area contributed by atoms with Crippen LogP contribution in [0.4, 0.5) is 74.6 Å². The van der Waals surface area contributed by atoms with Crippen LogP contribution in [-0.4, -0.2) is 67.5 Å². The second-order valence-corrected chi connectivity index (χ2v) is 13.2. The van der Waals surface area contributed by atoms with Gasteiger partial charge in [-0.05, 0) is 0 Å². The van der Waals surface area contributed by atoms with Crippen molar-refractivity contribution >= 4 is 18.5 Å². The highest BCUT2D eigenvalue weighted by Gasteiger charge is 2.92. The normalized spacial score (nSPS) is 18.9. The molecule has 188 valence electrons. The lowest BCUT2D eigenvalue weighted by Crippen LogP contribution is -2.74. The topological polar surface area (TPSA) is 0 Å². The molecule has 0 aromatic rings. The Morgan fingerprint density at radius 1 is 0.548 bits per heavy atom. The molecule has 31 heavy (non-hydrogen) atoms. The molecule has 0 aliphatic heterocycles. The van der Waals surface area contributed by atoms with Crippen LogP contribution in [0.2, 0.25) is 13.1 Å². The molecular weight excluding hydrogens is 531 g/mol. The van der Waals surface area contributed by atoms with Gasteiger partial charge in [-0.15, -0.1) is 0 Å². The number of hydrogen-bond acceptors (Lipinski definition) is 0. The zero-order chi connectivity index (χ0) is 25.8. The third kappa shape index (κ3) is 4.42. The number of alkyl halides is 17. The van der Waals surface area contributed by atoms with E-state index in [0.717, 1.165) is 0 Å². The molecular formula is C12H10ClF17Si. The minimum absolute atomic E-state index is 0.266. The molecule has 0 aromatic carbocycles. The zero-order valence-corrected chi connectivity index (χ0v) is 16.4. The van der Waals surface area contributed by atoms with Gasteiger partial charge in [0.2, 0.25) is 6.17 Å². The molecule has 0 aliphatic carbocycles. The Hall–Kier alpha value is -0.683. The Morgan fingerprint density at radius 3 is 1.10 bits per heavy atom. The SMILES string of the molecule is C[Si](C)(Cl)C(F)C(F)(F)C(F)(F)C(F)(F)C(F)(F)C(F)(F)C(F)(F)C(F)C(F)C(F)F. The highest BCUT2D eigenvalue weighted by Crippen LogP contribution is 2.62. The molecule has 0 amide bonds. The van der Waals surface area contributed by atoms with E-state index in [9.17, 15) is 74.6 Å². The standard InChI is InChI=1S/C12H10ClF17Si/c1-31(2,13)6(18)8(21,22)10(25,26)12(29,30)11(27,28)9(23,24)7(19,20)4(15)3(14)5(16)17/h3-6H,1-2H3. The molecule has 0 nitrogen and oxygen atoms in total. The average molecular weight is 541 g/mol. The summed E-state index contributed by atoms with van der Waals surface area (Å²) in [6.45, 7) is 0.531. The summed E-state index contributed by atoms with van der Waals surface area (Å²) in [6, 6.07) is 0. The predicted molar refractivity (Wildman–Crippen MR) is 73.7 cm³/mol. The lowest BCUT2D eigenvalue weighted by molar-refractivity contribution is -0.432. The van der Waals surface area contributed by atoms with Crippen molar-refractivity contribution in [3.8, 4) is 0 Å². The van der Waals surface area contributed by atoms with Crippen LogP contribution in [0.3, 0.4) is 0 Å². The minimum atomic E-state index is -8.36. The largest absolute Gasteiger partial charge is 0.384 e. The molecule has 0 bridgehead atoms. The first-order valence-corrected chi connectivity index (χ1v) is 11.4. The van der Waals surface area contributed by atoms with Crippen LogP contribution in [-0.2, 0) is 0 Å². The lowest BCUT2D eigenvalue weighted by Gasteiger charge is -2.43. The van der Waals surface area contributed by atoms with E-state index in [-0.39, 0.29) is 13.1 Å². The van der Waals surface area contributed by atoms with Crippen molar-refractivity contribution in [1.82, 2.24) is 0 Å². The molecule has 0 saturated heterocycles. The Labute approximate surface area is 167 Å². The van der Waals surface area contributed by atoms with Gasteiger partial charge in [0.05, 0.1) is 0 Å². The molecule has 0 rings (SSSR count). The summed E-state index contributed by atoms with van der Waals surface area (Å²) >= 11 is 4.99. The fraction of sp³-hybridized carbons (Fsp3) is 1.00. The first kappa shape index (κ1) is 30.3. The van der Waals surface area contributed by atoms with Crippen LogP contribution in [0.15, 0.2) is 0 Å². The Kier molecular flexibility index (Phi) is 8.09. The molecule has 0 N–H and O–H groups in total. The highest BCUT2D eigenvalue weighted by atomic mass is 35.6. The van der Waals surface area contributed by atoms with Crippen molar-refractivity contribution in [2.75, 3.05) is 0 Å². The maximum atomic E-state index is 13.5. The molecule has 3 atom stereocenters. The van der Waals surface area contributed by atoms with Gasteiger partial charge in [0, 0.05) is 0 Å². The quantitative estimate of drug-likeness (QED) is 0.158. The second-order valence-electron chi connectivity index (χ2n) is 6.65. The smallest absolute Gasteiger partial charge is 0.243 e. The predicted octanol–water partition coefficient (Wildman–Crippen LogP) is 7.06. The van der Waals surface area contributed by atoms with Gasteiger partial charge in [0.25, 0.3) is 6.43 Å². The molecule has 0 heterocycles. The molecule has 0 radical (unpaired) electrons. The third-order valence-corrected chi connectivity index (χ3v) is 5.95. The van der Waals surface area contributed by atoms with Gasteiger partial charge >= 0.3 is 35.5 Å². The molecule has 0 aliphatic rings. The van der Waals surface area contributed by atoms with E-state index < -0.39 is 67.5 Å². The fourth-order valence-corrected chi connectivity index (χ4v) is 3.36. The monoisotopic (exact) mass is 540 g/mol. The van der Waals surface area contributed by atoms with Gasteiger partial charge in [-0.3, -0.25) is 0 Å². The van der Waals surface area contributed by atoms with Crippen LogP contribution in [0.5, 0.6) is 0 Å². The highest BCUT2D eigenvalue weighted by molar-refractivity contribution is 7.19. The van der Waals surface area contributed by atoms with Crippen molar-refractivity contribution in [3.05, 3.63) is 0 Å². The van der Waals surface area contributed by atoms with E-state index in [1.807, 2.05) is 0 Å². The maximum absolute atomic E-state index is 13.5. The molecule has 0 fully saturated rings. The van der Waals surface area contributed by atoms with E-state index in [1.54, 1.807) is 0 Å². The summed E-state index contributed by atoms with van der Waals surface area (Å²) in [4.78, 5) is 0. The van der Waals surface area contributed by atoms with Crippen molar-refractivity contribution in [1.29, 1.82) is 0 Å². The summed E-state index contributed by atoms with van der Waals surface area (Å²) in [6.07, 6.45) is -15.6. The van der Waals surface area contributed by atoms with Gasteiger partial charge in [-0.25, -0.2) is 22.0 Å². The van der Waals surface area contributed by atoms with E-state index in [1.165, 1.54) is 0 Å². The summed E-state index contributed by atoms with van der Waals surface area (Å²) in [5.74, 6) is -51.7. The second kappa shape index (κ2) is 8.27. The summed E-state index contributed by atoms with van der Waals surface area (Å²) in [5, 5.41) is 0. The van der Waals surface area contributed by atoms with Crippen LogP contribution in [0.25, 0.3) is 0 Å². The minimum Gasteiger partial charge on any atom is -0.243 e. The Balaban J connectivity index is 6.62. The van der Waals surface area contributed by atoms with Crippen molar-refractivity contribution in [2.45, 2.75) is 73.2 Å². The molecule has 0 spiro atoms. The van der Waals surface area contributed by atoms with Crippen LogP contribution >= 0.6 is 11.1 Å². The molecule has 19 heteroatoms. The van der Waals surface area contributed by atoms with E-state index in [4.69, 9.17) is 11.1 Å². The van der Waals surface area contributed by atoms with Crippen molar-refractivity contribution in [3.63, 3.8) is 0 Å². The molecule has 3 unspecified atom stereocenters. The number of halogens is 18. The summed E-state index contributed by atoms with van der Waals surface area (Å²) in [5.41, 5.74) is 0. The zero-order valence-electron chi connectivity index (χ0n) is 14.6. The van der Waals surface area contributed by atoms with Gasteiger partial charge in [0.15, 0.2) is 19.4 Å². The maximum Gasteiger partial charge on any atom is 0.384 e. The fourth-order valence-electron chi connectivity index (χ4n) is 1.90. The number of hydrogen-bond donors (Lipinski definition) is 0. The average Bonchev–Trinajstić information content (AvgIpc) is 2.57. The van der Waals surface area contributed by atoms with Crippen molar-refractivity contribution < 1.29 is 74.6 Å². The van der Waals surface area contributed by atoms with Gasteiger partial charge in [-0.1, -0.05) is 13.1 Å². The number of rotatable bonds is 10. The molecule has 0 saturated carbocycles. The third-order valence-electron chi connectivity index (χ3n) is 3.81. The van der Waals surface area contributed by atoms with E-state index >= 15 is 0 Å². The Bertz CT molecular complexity index is 627. The van der Waals surface area contributed by atoms with Gasteiger partial charge < -0.3 is 0 Å². The van der Waals surface area contributed by atoms with Crippen LogP contribution in [0, 0.1) is 0 Å². The summed E-state index contributed by atoms with van der Waals surface area (Å²) < 4.78 is 224. The first-order chi connectivity index (χ1) is 13.2. The van der Waals surface area contributed by atoms with Gasteiger partial charge in [0.1, 0.15) is 0 Å². The van der Waals surface area contributed by atoms with Gasteiger partial charge in [-0.2, -0.15) is 63.8 Å². The van der Waals surface area contributed by atoms with Crippen LogP contribution in [0.1, 0.15) is 0 Å². The lowest BCUT2D eigenvalue weighted by atomic mass is 9.89. The summed E-state index contributed by atoms with van der Waals surface area (Å²) in [7, 11) is -4.80. The van der Waals surface area contributed by atoms with E-state index in [0.29, 0.717) is 0 Å². The van der Waals surface area contributed by atoms with Crippen molar-refractivity contribution in [2.24, 2.45) is 0 Å². The van der Waals surface area contributed by atoms with E-state index in [2.05, 4.69) is 0 Å². The first-order valence-electron chi connectivity index (χ1n) is 7.33. The van der Waals surface area contributed by atoms with Crippen LogP contribution < -0.4 is 0 Å². The molecule has 0 aromatic heterocycles.